The number of primary amides is 1. The van der Waals surface area contributed by atoms with E-state index in [1.807, 2.05) is 0 Å². The van der Waals surface area contributed by atoms with Gasteiger partial charge in [-0.3, -0.25) is 4.79 Å². The van der Waals surface area contributed by atoms with Crippen LogP contribution in [0, 0.1) is 5.92 Å². The van der Waals surface area contributed by atoms with Crippen LogP contribution in [0.2, 0.25) is 0 Å². The van der Waals surface area contributed by atoms with Gasteiger partial charge in [0, 0.05) is 38.6 Å². The molecule has 0 aromatic heterocycles. The lowest BCUT2D eigenvalue weighted by atomic mass is 9.99. The van der Waals surface area contributed by atoms with Gasteiger partial charge in [-0.25, -0.2) is 0 Å². The van der Waals surface area contributed by atoms with E-state index in [1.165, 1.54) is 37.3 Å². The van der Waals surface area contributed by atoms with Gasteiger partial charge in [0.25, 0.3) is 0 Å². The predicted molar refractivity (Wildman–Crippen MR) is 81.6 cm³/mol. The SMILES string of the molecule is CC1CCN(c2cccc(N(C)C)c2)CC1.NC=O. The fourth-order valence-electron chi connectivity index (χ4n) is 2.23. The lowest BCUT2D eigenvalue weighted by Gasteiger charge is -2.32. The summed E-state index contributed by atoms with van der Waals surface area (Å²) in [6.45, 7) is 4.77. The van der Waals surface area contributed by atoms with Gasteiger partial charge in [-0.1, -0.05) is 13.0 Å². The first-order valence-electron chi connectivity index (χ1n) is 6.76. The number of nitrogens with two attached hydrogens (primary N) is 1. The van der Waals surface area contributed by atoms with Gasteiger partial charge in [0.15, 0.2) is 0 Å². The van der Waals surface area contributed by atoms with E-state index in [0.717, 1.165) is 5.92 Å². The van der Waals surface area contributed by atoms with Crippen molar-refractivity contribution in [3.8, 4) is 0 Å². The molecule has 19 heavy (non-hydrogen) atoms. The van der Waals surface area contributed by atoms with Crippen LogP contribution in [0.15, 0.2) is 24.3 Å². The molecule has 0 radical (unpaired) electrons. The van der Waals surface area contributed by atoms with Crippen molar-refractivity contribution in [2.24, 2.45) is 11.7 Å². The largest absolute Gasteiger partial charge is 0.378 e. The molecule has 1 aromatic carbocycles. The topological polar surface area (TPSA) is 49.6 Å². The molecule has 1 amide bonds. The highest BCUT2D eigenvalue weighted by atomic mass is 16.1. The Morgan fingerprint density at radius 2 is 1.89 bits per heavy atom. The van der Waals surface area contributed by atoms with Gasteiger partial charge in [-0.2, -0.15) is 0 Å². The Kier molecular flexibility index (Phi) is 6.19. The summed E-state index contributed by atoms with van der Waals surface area (Å²) in [6.07, 6.45) is 2.90. The van der Waals surface area contributed by atoms with Crippen molar-refractivity contribution in [3.63, 3.8) is 0 Å². The van der Waals surface area contributed by atoms with Gasteiger partial charge in [0.2, 0.25) is 6.41 Å². The Balaban J connectivity index is 0.000000550. The standard InChI is InChI=1S/C14H22N2.CH3NO/c1-12-7-9-16(10-8-12)14-6-4-5-13(11-14)15(2)3;2-1-3/h4-6,11-12H,7-10H2,1-3H3;1H,(H2,2,3). The van der Waals surface area contributed by atoms with E-state index < -0.39 is 0 Å². The van der Waals surface area contributed by atoms with Crippen molar-refractivity contribution in [1.29, 1.82) is 0 Å². The van der Waals surface area contributed by atoms with Crippen LogP contribution in [0.25, 0.3) is 0 Å². The molecule has 1 saturated heterocycles. The number of anilines is 2. The quantitative estimate of drug-likeness (QED) is 0.831. The molecule has 4 heteroatoms. The Labute approximate surface area is 116 Å². The molecular formula is C15H25N3O. The van der Waals surface area contributed by atoms with Crippen LogP contribution >= 0.6 is 0 Å². The van der Waals surface area contributed by atoms with Crippen molar-refractivity contribution in [2.75, 3.05) is 37.0 Å². The highest BCUT2D eigenvalue weighted by Gasteiger charge is 2.16. The van der Waals surface area contributed by atoms with Crippen LogP contribution in [0.4, 0.5) is 11.4 Å². The second-order valence-corrected chi connectivity index (χ2v) is 5.22. The van der Waals surface area contributed by atoms with E-state index in [2.05, 4.69) is 60.8 Å². The number of carbonyl (C=O) groups excluding carboxylic acids is 1. The monoisotopic (exact) mass is 263 g/mol. The third-order valence-corrected chi connectivity index (χ3v) is 3.49. The number of hydrogen-bond donors (Lipinski definition) is 1. The molecule has 1 aliphatic heterocycles. The summed E-state index contributed by atoms with van der Waals surface area (Å²) >= 11 is 0. The number of hydrogen-bond acceptors (Lipinski definition) is 3. The number of rotatable bonds is 2. The van der Waals surface area contributed by atoms with Crippen molar-refractivity contribution in [2.45, 2.75) is 19.8 Å². The van der Waals surface area contributed by atoms with Crippen LogP contribution in [0.5, 0.6) is 0 Å². The molecule has 1 fully saturated rings. The maximum absolute atomic E-state index is 8.58. The fourth-order valence-corrected chi connectivity index (χ4v) is 2.23. The van der Waals surface area contributed by atoms with E-state index in [0.29, 0.717) is 0 Å². The average molecular weight is 263 g/mol. The normalized spacial score (nSPS) is 15.4. The number of nitrogens with zero attached hydrogens (tertiary/aromatic N) is 2. The van der Waals surface area contributed by atoms with Crippen LogP contribution in [-0.4, -0.2) is 33.6 Å². The number of carbonyl (C=O) groups is 1. The molecule has 0 bridgehead atoms. The average Bonchev–Trinajstić information content (AvgIpc) is 2.40. The van der Waals surface area contributed by atoms with Crippen molar-refractivity contribution in [1.82, 2.24) is 0 Å². The zero-order valence-electron chi connectivity index (χ0n) is 12.2. The van der Waals surface area contributed by atoms with Crippen LogP contribution in [0.1, 0.15) is 19.8 Å². The summed E-state index contributed by atoms with van der Waals surface area (Å²) in [6, 6.07) is 8.83. The van der Waals surface area contributed by atoms with E-state index in [-0.39, 0.29) is 6.41 Å². The highest BCUT2D eigenvalue weighted by Crippen LogP contribution is 2.25. The highest BCUT2D eigenvalue weighted by molar-refractivity contribution is 5.58. The minimum absolute atomic E-state index is 0.250. The molecule has 106 valence electrons. The van der Waals surface area contributed by atoms with Gasteiger partial charge in [-0.05, 0) is 37.0 Å². The van der Waals surface area contributed by atoms with Gasteiger partial charge in [0.1, 0.15) is 0 Å². The number of amides is 1. The number of benzene rings is 1. The van der Waals surface area contributed by atoms with E-state index in [9.17, 15) is 0 Å². The molecule has 4 nitrogen and oxygen atoms in total. The lowest BCUT2D eigenvalue weighted by molar-refractivity contribution is -0.106. The van der Waals surface area contributed by atoms with Crippen LogP contribution < -0.4 is 15.5 Å². The molecule has 0 saturated carbocycles. The van der Waals surface area contributed by atoms with Crippen molar-refractivity contribution < 1.29 is 4.79 Å². The van der Waals surface area contributed by atoms with E-state index >= 15 is 0 Å². The summed E-state index contributed by atoms with van der Waals surface area (Å²) in [5.41, 5.74) is 6.83. The maximum atomic E-state index is 8.58. The van der Waals surface area contributed by atoms with Gasteiger partial charge < -0.3 is 15.5 Å². The molecule has 0 aliphatic carbocycles. The van der Waals surface area contributed by atoms with Crippen LogP contribution in [-0.2, 0) is 4.79 Å². The predicted octanol–water partition coefficient (Wildman–Crippen LogP) is 2.09. The smallest absolute Gasteiger partial charge is 0.204 e. The first-order chi connectivity index (χ1) is 9.08. The molecule has 1 aromatic rings. The van der Waals surface area contributed by atoms with Gasteiger partial charge in [0.05, 0.1) is 0 Å². The summed E-state index contributed by atoms with van der Waals surface area (Å²) in [7, 11) is 4.19. The van der Waals surface area contributed by atoms with Crippen molar-refractivity contribution >= 4 is 17.8 Å². The molecule has 1 heterocycles. The Hall–Kier alpha value is -1.71. The van der Waals surface area contributed by atoms with Crippen molar-refractivity contribution in [3.05, 3.63) is 24.3 Å². The summed E-state index contributed by atoms with van der Waals surface area (Å²) in [4.78, 5) is 13.3. The summed E-state index contributed by atoms with van der Waals surface area (Å²) < 4.78 is 0. The third-order valence-electron chi connectivity index (χ3n) is 3.49. The lowest BCUT2D eigenvalue weighted by Crippen LogP contribution is -2.32. The molecule has 0 atom stereocenters. The second kappa shape index (κ2) is 7.67. The first-order valence-corrected chi connectivity index (χ1v) is 6.76. The van der Waals surface area contributed by atoms with E-state index in [1.54, 1.807) is 0 Å². The second-order valence-electron chi connectivity index (χ2n) is 5.22. The third kappa shape index (κ3) is 4.81. The Morgan fingerprint density at radius 1 is 1.32 bits per heavy atom. The molecule has 1 aliphatic rings. The van der Waals surface area contributed by atoms with Gasteiger partial charge in [-0.15, -0.1) is 0 Å². The Bertz CT molecular complexity index is 385. The van der Waals surface area contributed by atoms with E-state index in [4.69, 9.17) is 4.79 Å². The fraction of sp³-hybridized carbons (Fsp3) is 0.533. The molecule has 2 N–H and O–H groups in total. The summed E-state index contributed by atoms with van der Waals surface area (Å²) in [5.74, 6) is 0.897. The van der Waals surface area contributed by atoms with Crippen LogP contribution in [0.3, 0.4) is 0 Å². The Morgan fingerprint density at radius 3 is 2.42 bits per heavy atom. The number of piperidine rings is 1. The molecular weight excluding hydrogens is 238 g/mol. The summed E-state index contributed by atoms with van der Waals surface area (Å²) in [5, 5.41) is 0. The molecule has 2 rings (SSSR count). The molecule has 0 spiro atoms. The zero-order chi connectivity index (χ0) is 14.3. The first kappa shape index (κ1) is 15.3. The van der Waals surface area contributed by atoms with Gasteiger partial charge >= 0.3 is 0 Å². The minimum Gasteiger partial charge on any atom is -0.378 e. The minimum atomic E-state index is 0.250. The molecule has 0 unspecified atom stereocenters. The zero-order valence-corrected chi connectivity index (χ0v) is 12.2. The maximum Gasteiger partial charge on any atom is 0.204 e.